The molecule has 0 aliphatic heterocycles. The van der Waals surface area contributed by atoms with Crippen LogP contribution in [0.4, 0.5) is 0 Å². The van der Waals surface area contributed by atoms with Crippen LogP contribution in [-0.2, 0) is 13.1 Å². The van der Waals surface area contributed by atoms with Crippen LogP contribution >= 0.6 is 0 Å². The maximum Gasteiger partial charge on any atom is 0.0208 e. The van der Waals surface area contributed by atoms with Gasteiger partial charge in [0.2, 0.25) is 0 Å². The van der Waals surface area contributed by atoms with E-state index in [9.17, 15) is 0 Å². The Morgan fingerprint density at radius 2 is 1.00 bits per heavy atom. The molecular weight excluding hydrogens is 244 g/mol. The van der Waals surface area contributed by atoms with Crippen LogP contribution < -0.4 is 10.6 Å². The Morgan fingerprint density at radius 1 is 0.650 bits per heavy atom. The van der Waals surface area contributed by atoms with Crippen LogP contribution in [0.2, 0.25) is 0 Å². The highest BCUT2D eigenvalue weighted by atomic mass is 15.0. The van der Waals surface area contributed by atoms with Gasteiger partial charge in [0.05, 0.1) is 0 Å². The van der Waals surface area contributed by atoms with Crippen molar-refractivity contribution < 1.29 is 0 Å². The second-order valence-corrected chi connectivity index (χ2v) is 5.31. The summed E-state index contributed by atoms with van der Waals surface area (Å²) in [6, 6.07) is 21.9. The summed E-state index contributed by atoms with van der Waals surface area (Å²) in [5.74, 6) is 0. The average molecular weight is 268 g/mol. The maximum atomic E-state index is 3.57. The molecule has 2 nitrogen and oxygen atoms in total. The molecule has 2 aromatic rings. The van der Waals surface area contributed by atoms with Crippen molar-refractivity contribution in [2.24, 2.45) is 0 Å². The monoisotopic (exact) mass is 268 g/mol. The first kappa shape index (κ1) is 14.8. The molecule has 0 aliphatic rings. The van der Waals surface area contributed by atoms with Gasteiger partial charge in [0.15, 0.2) is 0 Å². The summed E-state index contributed by atoms with van der Waals surface area (Å²) in [5.41, 5.74) is 2.66. The predicted molar refractivity (Wildman–Crippen MR) is 85.5 cm³/mol. The Morgan fingerprint density at radius 3 is 1.35 bits per heavy atom. The lowest BCUT2D eigenvalue weighted by Crippen LogP contribution is -2.43. The molecule has 0 spiro atoms. The molecule has 106 valence electrons. The Balaban J connectivity index is 1.73. The molecule has 2 N–H and O–H groups in total. The van der Waals surface area contributed by atoms with Gasteiger partial charge in [-0.05, 0) is 25.0 Å². The van der Waals surface area contributed by atoms with Crippen molar-refractivity contribution in [3.05, 3.63) is 71.8 Å². The van der Waals surface area contributed by atoms with Crippen molar-refractivity contribution in [3.63, 3.8) is 0 Å². The smallest absolute Gasteiger partial charge is 0.0208 e. The highest BCUT2D eigenvalue weighted by molar-refractivity contribution is 5.15. The van der Waals surface area contributed by atoms with E-state index in [1.807, 2.05) is 0 Å². The van der Waals surface area contributed by atoms with Crippen LogP contribution in [0.3, 0.4) is 0 Å². The quantitative estimate of drug-likeness (QED) is 0.805. The molecular formula is C18H24N2. The van der Waals surface area contributed by atoms with Gasteiger partial charge in [-0.2, -0.15) is 0 Å². The summed E-state index contributed by atoms with van der Waals surface area (Å²) in [6.07, 6.45) is 0. The molecule has 0 radical (unpaired) electrons. The van der Waals surface area contributed by atoms with Crippen molar-refractivity contribution in [1.82, 2.24) is 10.6 Å². The van der Waals surface area contributed by atoms with Crippen LogP contribution in [0.15, 0.2) is 60.7 Å². The molecule has 0 fully saturated rings. The van der Waals surface area contributed by atoms with Crippen molar-refractivity contribution in [2.75, 3.05) is 0 Å². The minimum atomic E-state index is 0.430. The third-order valence-electron chi connectivity index (χ3n) is 3.69. The molecule has 0 aromatic heterocycles. The molecule has 2 aromatic carbocycles. The van der Waals surface area contributed by atoms with E-state index in [-0.39, 0.29) is 0 Å². The summed E-state index contributed by atoms with van der Waals surface area (Å²) in [5, 5.41) is 7.14. The van der Waals surface area contributed by atoms with Gasteiger partial charge in [-0.1, -0.05) is 60.7 Å². The van der Waals surface area contributed by atoms with Gasteiger partial charge >= 0.3 is 0 Å². The number of benzene rings is 2. The number of nitrogens with one attached hydrogen (secondary N) is 2. The number of rotatable bonds is 7. The van der Waals surface area contributed by atoms with Gasteiger partial charge in [-0.25, -0.2) is 0 Å². The fourth-order valence-electron chi connectivity index (χ4n) is 2.10. The van der Waals surface area contributed by atoms with E-state index in [1.165, 1.54) is 11.1 Å². The topological polar surface area (TPSA) is 24.1 Å². The summed E-state index contributed by atoms with van der Waals surface area (Å²) in [4.78, 5) is 0. The lowest BCUT2D eigenvalue weighted by molar-refractivity contribution is 0.407. The summed E-state index contributed by atoms with van der Waals surface area (Å²) < 4.78 is 0. The first-order valence-corrected chi connectivity index (χ1v) is 7.30. The zero-order valence-electron chi connectivity index (χ0n) is 12.3. The SMILES string of the molecule is CC(NCc1ccccc1)C(C)NCc1ccccc1. The van der Waals surface area contributed by atoms with Crippen LogP contribution in [-0.4, -0.2) is 12.1 Å². The Hall–Kier alpha value is -1.64. The van der Waals surface area contributed by atoms with Gasteiger partial charge in [0.25, 0.3) is 0 Å². The van der Waals surface area contributed by atoms with Gasteiger partial charge < -0.3 is 10.6 Å². The van der Waals surface area contributed by atoms with E-state index in [1.54, 1.807) is 0 Å². The van der Waals surface area contributed by atoms with E-state index in [0.717, 1.165) is 13.1 Å². The third kappa shape index (κ3) is 4.80. The maximum absolute atomic E-state index is 3.57. The molecule has 2 heteroatoms. The highest BCUT2D eigenvalue weighted by Crippen LogP contribution is 2.02. The largest absolute Gasteiger partial charge is 0.309 e. The van der Waals surface area contributed by atoms with Gasteiger partial charge in [-0.15, -0.1) is 0 Å². The van der Waals surface area contributed by atoms with Crippen molar-refractivity contribution in [1.29, 1.82) is 0 Å². The van der Waals surface area contributed by atoms with E-state index in [0.29, 0.717) is 12.1 Å². The number of hydrogen-bond donors (Lipinski definition) is 2. The van der Waals surface area contributed by atoms with Crippen LogP contribution in [0.1, 0.15) is 25.0 Å². The van der Waals surface area contributed by atoms with Crippen molar-refractivity contribution in [3.8, 4) is 0 Å². The molecule has 0 amide bonds. The highest BCUT2D eigenvalue weighted by Gasteiger charge is 2.10. The van der Waals surface area contributed by atoms with E-state index < -0.39 is 0 Å². The molecule has 0 saturated heterocycles. The standard InChI is InChI=1S/C18H24N2/c1-15(19-13-17-9-5-3-6-10-17)16(2)20-14-18-11-7-4-8-12-18/h3-12,15-16,19-20H,13-14H2,1-2H3. The van der Waals surface area contributed by atoms with Crippen LogP contribution in [0, 0.1) is 0 Å². The Labute approximate surface area is 122 Å². The normalized spacial score (nSPS) is 13.9. The van der Waals surface area contributed by atoms with E-state index in [2.05, 4.69) is 85.1 Å². The fraction of sp³-hybridized carbons (Fsp3) is 0.333. The van der Waals surface area contributed by atoms with Gasteiger partial charge in [0, 0.05) is 25.2 Å². The van der Waals surface area contributed by atoms with Gasteiger partial charge in [0.1, 0.15) is 0 Å². The van der Waals surface area contributed by atoms with Crippen LogP contribution in [0.5, 0.6) is 0 Å². The molecule has 2 unspecified atom stereocenters. The number of hydrogen-bond acceptors (Lipinski definition) is 2. The molecule has 0 aliphatic carbocycles. The molecule has 2 rings (SSSR count). The average Bonchev–Trinajstić information content (AvgIpc) is 2.52. The lowest BCUT2D eigenvalue weighted by Gasteiger charge is -2.23. The predicted octanol–water partition coefficient (Wildman–Crippen LogP) is 3.34. The van der Waals surface area contributed by atoms with Crippen LogP contribution in [0.25, 0.3) is 0 Å². The van der Waals surface area contributed by atoms with E-state index in [4.69, 9.17) is 0 Å². The summed E-state index contributed by atoms with van der Waals surface area (Å²) >= 11 is 0. The Bertz CT molecular complexity index is 434. The first-order valence-electron chi connectivity index (χ1n) is 7.30. The molecule has 0 bridgehead atoms. The third-order valence-corrected chi connectivity index (χ3v) is 3.69. The zero-order chi connectivity index (χ0) is 14.2. The Kier molecular flexibility index (Phi) is 5.78. The second kappa shape index (κ2) is 7.83. The van der Waals surface area contributed by atoms with Crippen molar-refractivity contribution in [2.45, 2.75) is 39.0 Å². The lowest BCUT2D eigenvalue weighted by atomic mass is 10.1. The minimum absolute atomic E-state index is 0.430. The minimum Gasteiger partial charge on any atom is -0.309 e. The van der Waals surface area contributed by atoms with Crippen molar-refractivity contribution >= 4 is 0 Å². The van der Waals surface area contributed by atoms with E-state index >= 15 is 0 Å². The molecule has 2 atom stereocenters. The first-order chi connectivity index (χ1) is 9.75. The molecule has 0 saturated carbocycles. The molecule has 20 heavy (non-hydrogen) atoms. The fourth-order valence-corrected chi connectivity index (χ4v) is 2.10. The van der Waals surface area contributed by atoms with Gasteiger partial charge in [-0.3, -0.25) is 0 Å². The second-order valence-electron chi connectivity index (χ2n) is 5.31. The summed E-state index contributed by atoms with van der Waals surface area (Å²) in [6.45, 7) is 6.29. The summed E-state index contributed by atoms with van der Waals surface area (Å²) in [7, 11) is 0. The molecule has 0 heterocycles. The zero-order valence-corrected chi connectivity index (χ0v) is 12.3.